The lowest BCUT2D eigenvalue weighted by atomic mass is 10.1. The fourth-order valence-electron chi connectivity index (χ4n) is 4.28. The number of carbonyl (C=O) groups excluding carboxylic acids is 1. The number of benzene rings is 2. The fraction of sp³-hybridized carbons (Fsp3) is 0.292. The zero-order valence-electron chi connectivity index (χ0n) is 18.3. The van der Waals surface area contributed by atoms with Gasteiger partial charge in [0.2, 0.25) is 5.91 Å². The topological polar surface area (TPSA) is 86.3 Å². The van der Waals surface area contributed by atoms with Crippen LogP contribution in [0.1, 0.15) is 5.56 Å². The highest BCUT2D eigenvalue weighted by molar-refractivity contribution is 6.06. The van der Waals surface area contributed by atoms with Crippen LogP contribution < -0.4 is 15.8 Å². The van der Waals surface area contributed by atoms with E-state index in [2.05, 4.69) is 32.2 Å². The number of likely N-dealkylation sites (N-methyl/N-ethyl adjacent to an activating group) is 1. The molecule has 5 rings (SSSR count). The van der Waals surface area contributed by atoms with Crippen molar-refractivity contribution in [2.45, 2.75) is 13.5 Å². The lowest BCUT2D eigenvalue weighted by molar-refractivity contribution is -0.117. The normalized spacial score (nSPS) is 14.9. The Morgan fingerprint density at radius 1 is 1.09 bits per heavy atom. The molecule has 1 fully saturated rings. The summed E-state index contributed by atoms with van der Waals surface area (Å²) in [5.74, 6) is -0.285. The molecule has 2 aromatic carbocycles. The molecule has 0 bridgehead atoms. The van der Waals surface area contributed by atoms with E-state index in [0.717, 1.165) is 59.4 Å². The number of rotatable bonds is 4. The van der Waals surface area contributed by atoms with Gasteiger partial charge in [-0.2, -0.15) is 5.10 Å². The average molecular weight is 431 g/mol. The zero-order chi connectivity index (χ0) is 22.2. The van der Waals surface area contributed by atoms with Gasteiger partial charge < -0.3 is 20.1 Å². The Kier molecular flexibility index (Phi) is 5.14. The first-order valence-corrected chi connectivity index (χ1v) is 10.8. The summed E-state index contributed by atoms with van der Waals surface area (Å²) >= 11 is 0. The van der Waals surface area contributed by atoms with Gasteiger partial charge in [0.05, 0.1) is 17.6 Å². The van der Waals surface area contributed by atoms with E-state index in [0.29, 0.717) is 5.52 Å². The summed E-state index contributed by atoms with van der Waals surface area (Å²) in [5, 5.41) is 8.97. The lowest BCUT2D eigenvalue weighted by Gasteiger charge is -2.35. The number of H-pyrrole nitrogens is 1. The molecule has 32 heavy (non-hydrogen) atoms. The number of aromatic nitrogens is 3. The molecule has 8 nitrogen and oxygen atoms in total. The van der Waals surface area contributed by atoms with Crippen LogP contribution in [-0.2, 0) is 11.3 Å². The van der Waals surface area contributed by atoms with E-state index in [1.165, 1.54) is 4.68 Å². The van der Waals surface area contributed by atoms with Crippen molar-refractivity contribution < 1.29 is 4.79 Å². The highest BCUT2D eigenvalue weighted by Gasteiger charge is 2.18. The summed E-state index contributed by atoms with van der Waals surface area (Å²) in [7, 11) is 2.11. The Balaban J connectivity index is 1.39. The van der Waals surface area contributed by atoms with Crippen LogP contribution in [0.2, 0.25) is 0 Å². The van der Waals surface area contributed by atoms with Gasteiger partial charge in [0, 0.05) is 42.5 Å². The Morgan fingerprint density at radius 3 is 2.69 bits per heavy atom. The highest BCUT2D eigenvalue weighted by Crippen LogP contribution is 2.27. The molecule has 0 spiro atoms. The predicted molar refractivity (Wildman–Crippen MR) is 127 cm³/mol. The minimum Gasteiger partial charge on any atom is -0.367 e. The summed E-state index contributed by atoms with van der Waals surface area (Å²) in [6.07, 6.45) is 1.65. The van der Waals surface area contributed by atoms with Crippen LogP contribution in [0.15, 0.2) is 53.5 Å². The monoisotopic (exact) mass is 430 g/mol. The van der Waals surface area contributed by atoms with Crippen molar-refractivity contribution in [1.82, 2.24) is 19.7 Å². The standard InChI is InChI=1S/C24H26N6O2/c1-16-7-8-19-17(13-16)18-14-25-30(24(32)23(18)27-19)15-22(31)26-20-5-3-4-6-21(20)29-11-9-28(2)10-12-29/h3-8,13-14,27H,9-12,15H2,1-2H3,(H,26,31). The first-order valence-electron chi connectivity index (χ1n) is 10.8. The van der Waals surface area contributed by atoms with E-state index >= 15 is 0 Å². The lowest BCUT2D eigenvalue weighted by Crippen LogP contribution is -2.44. The molecule has 164 valence electrons. The van der Waals surface area contributed by atoms with E-state index in [1.807, 2.05) is 49.4 Å². The maximum atomic E-state index is 13.0. The molecule has 3 heterocycles. The first kappa shape index (κ1) is 20.3. The molecule has 1 saturated heterocycles. The molecule has 1 amide bonds. The van der Waals surface area contributed by atoms with Crippen molar-refractivity contribution >= 4 is 39.1 Å². The number of amides is 1. The van der Waals surface area contributed by atoms with Gasteiger partial charge in [0.15, 0.2) is 0 Å². The van der Waals surface area contributed by atoms with Gasteiger partial charge in [0.1, 0.15) is 12.1 Å². The largest absolute Gasteiger partial charge is 0.367 e. The summed E-state index contributed by atoms with van der Waals surface area (Å²) in [4.78, 5) is 33.6. The number of carbonyl (C=O) groups is 1. The number of hydrogen-bond acceptors (Lipinski definition) is 5. The fourth-order valence-corrected chi connectivity index (χ4v) is 4.28. The van der Waals surface area contributed by atoms with Crippen molar-refractivity contribution in [2.75, 3.05) is 43.4 Å². The highest BCUT2D eigenvalue weighted by atomic mass is 16.2. The van der Waals surface area contributed by atoms with E-state index in [1.54, 1.807) is 6.20 Å². The van der Waals surface area contributed by atoms with E-state index < -0.39 is 0 Å². The van der Waals surface area contributed by atoms with E-state index in [-0.39, 0.29) is 18.0 Å². The van der Waals surface area contributed by atoms with Gasteiger partial charge in [-0.3, -0.25) is 9.59 Å². The summed E-state index contributed by atoms with van der Waals surface area (Å²) < 4.78 is 1.21. The molecule has 0 saturated carbocycles. The van der Waals surface area contributed by atoms with Crippen LogP contribution >= 0.6 is 0 Å². The predicted octanol–water partition coefficient (Wildman–Crippen LogP) is 2.58. The molecular weight excluding hydrogens is 404 g/mol. The number of aromatic amines is 1. The van der Waals surface area contributed by atoms with Gasteiger partial charge in [-0.05, 0) is 38.2 Å². The number of fused-ring (bicyclic) bond motifs is 3. The molecule has 1 aliphatic rings. The number of hydrogen-bond donors (Lipinski definition) is 2. The van der Waals surface area contributed by atoms with Gasteiger partial charge >= 0.3 is 0 Å². The van der Waals surface area contributed by atoms with Crippen molar-refractivity contribution in [1.29, 1.82) is 0 Å². The van der Waals surface area contributed by atoms with Gasteiger partial charge in [-0.1, -0.05) is 23.8 Å². The third kappa shape index (κ3) is 3.73. The van der Waals surface area contributed by atoms with Crippen molar-refractivity contribution in [3.63, 3.8) is 0 Å². The van der Waals surface area contributed by atoms with Gasteiger partial charge in [-0.15, -0.1) is 0 Å². The van der Waals surface area contributed by atoms with Crippen molar-refractivity contribution in [2.24, 2.45) is 0 Å². The maximum Gasteiger partial charge on any atom is 0.291 e. The Hall–Kier alpha value is -3.65. The number of nitrogens with one attached hydrogen (secondary N) is 2. The Bertz CT molecular complexity index is 1360. The SMILES string of the molecule is Cc1ccc2[nH]c3c(=O)n(CC(=O)Nc4ccccc4N4CCN(C)CC4)ncc3c2c1. The van der Waals surface area contributed by atoms with Crippen LogP contribution in [0.25, 0.3) is 21.8 Å². The quantitative estimate of drug-likeness (QED) is 0.520. The second-order valence-electron chi connectivity index (χ2n) is 8.43. The molecule has 1 aliphatic heterocycles. The molecule has 4 aromatic rings. The number of para-hydroxylation sites is 2. The molecule has 0 atom stereocenters. The van der Waals surface area contributed by atoms with Crippen LogP contribution in [0.3, 0.4) is 0 Å². The molecule has 0 radical (unpaired) electrons. The second-order valence-corrected chi connectivity index (χ2v) is 8.43. The first-order chi connectivity index (χ1) is 15.5. The third-order valence-corrected chi connectivity index (χ3v) is 6.08. The molecule has 2 N–H and O–H groups in total. The number of nitrogens with zero attached hydrogens (tertiary/aromatic N) is 4. The molecule has 0 unspecified atom stereocenters. The van der Waals surface area contributed by atoms with Gasteiger partial charge in [0.25, 0.3) is 5.56 Å². The van der Waals surface area contributed by atoms with Crippen LogP contribution in [0, 0.1) is 6.92 Å². The number of piperazine rings is 1. The van der Waals surface area contributed by atoms with E-state index in [4.69, 9.17) is 0 Å². The number of aryl methyl sites for hydroxylation is 1. The minimum atomic E-state index is -0.307. The van der Waals surface area contributed by atoms with Crippen molar-refractivity contribution in [3.8, 4) is 0 Å². The van der Waals surface area contributed by atoms with E-state index in [9.17, 15) is 9.59 Å². The zero-order valence-corrected chi connectivity index (χ0v) is 18.3. The van der Waals surface area contributed by atoms with Crippen LogP contribution in [0.5, 0.6) is 0 Å². The Morgan fingerprint density at radius 2 is 1.88 bits per heavy atom. The maximum absolute atomic E-state index is 13.0. The number of anilines is 2. The van der Waals surface area contributed by atoms with Crippen LogP contribution in [-0.4, -0.2) is 58.8 Å². The van der Waals surface area contributed by atoms with Crippen LogP contribution in [0.4, 0.5) is 11.4 Å². The smallest absolute Gasteiger partial charge is 0.291 e. The van der Waals surface area contributed by atoms with Crippen molar-refractivity contribution in [3.05, 3.63) is 64.6 Å². The molecule has 8 heteroatoms. The summed E-state index contributed by atoms with van der Waals surface area (Å²) in [6, 6.07) is 13.8. The summed E-state index contributed by atoms with van der Waals surface area (Å²) in [6.45, 7) is 5.62. The van der Waals surface area contributed by atoms with Gasteiger partial charge in [-0.25, -0.2) is 4.68 Å². The minimum absolute atomic E-state index is 0.153. The molecule has 0 aliphatic carbocycles. The summed E-state index contributed by atoms with van der Waals surface area (Å²) in [5.41, 5.74) is 3.90. The second kappa shape index (κ2) is 8.12. The Labute approximate surface area is 185 Å². The molecule has 2 aromatic heterocycles. The molecular formula is C24H26N6O2. The third-order valence-electron chi connectivity index (χ3n) is 6.08. The average Bonchev–Trinajstić information content (AvgIpc) is 3.15.